The molecule has 0 bridgehead atoms. The number of ether oxygens (including phenoxy) is 2. The lowest BCUT2D eigenvalue weighted by molar-refractivity contribution is 0.352. The maximum absolute atomic E-state index is 9.55. The molecule has 0 amide bonds. The Kier molecular flexibility index (Phi) is 5.67. The second-order valence-electron chi connectivity index (χ2n) is 4.46. The van der Waals surface area contributed by atoms with E-state index in [-0.39, 0.29) is 15.8 Å². The highest BCUT2D eigenvalue weighted by Crippen LogP contribution is 2.37. The number of benzene rings is 2. The van der Waals surface area contributed by atoms with Crippen LogP contribution in [0.15, 0.2) is 28.7 Å². The van der Waals surface area contributed by atoms with Crippen LogP contribution in [0.5, 0.6) is 17.2 Å². The SMILES string of the molecule is COc1cc(CNc2cc(Cl)c(O)c(Cl)c2)cc(Br)c1OC. The summed E-state index contributed by atoms with van der Waals surface area (Å²) in [7, 11) is 3.17. The van der Waals surface area contributed by atoms with Crippen LogP contribution in [0.4, 0.5) is 5.69 Å². The largest absolute Gasteiger partial charge is 0.505 e. The van der Waals surface area contributed by atoms with Gasteiger partial charge in [0, 0.05) is 12.2 Å². The lowest BCUT2D eigenvalue weighted by Gasteiger charge is -2.13. The molecule has 22 heavy (non-hydrogen) atoms. The van der Waals surface area contributed by atoms with Gasteiger partial charge in [-0.2, -0.15) is 0 Å². The summed E-state index contributed by atoms with van der Waals surface area (Å²) in [5, 5.41) is 13.1. The zero-order valence-electron chi connectivity index (χ0n) is 11.9. The summed E-state index contributed by atoms with van der Waals surface area (Å²) in [5.74, 6) is 1.15. The highest BCUT2D eigenvalue weighted by molar-refractivity contribution is 9.10. The van der Waals surface area contributed by atoms with Crippen LogP contribution >= 0.6 is 39.1 Å². The van der Waals surface area contributed by atoms with Gasteiger partial charge in [-0.25, -0.2) is 0 Å². The molecule has 7 heteroatoms. The number of aromatic hydroxyl groups is 1. The zero-order valence-corrected chi connectivity index (χ0v) is 15.0. The number of hydrogen-bond acceptors (Lipinski definition) is 4. The molecule has 0 unspecified atom stereocenters. The van der Waals surface area contributed by atoms with Crippen LogP contribution in [0.2, 0.25) is 10.0 Å². The van der Waals surface area contributed by atoms with Gasteiger partial charge in [0.15, 0.2) is 17.2 Å². The molecule has 2 aromatic carbocycles. The Morgan fingerprint density at radius 2 is 1.73 bits per heavy atom. The first-order valence-corrected chi connectivity index (χ1v) is 7.83. The number of rotatable bonds is 5. The molecule has 0 spiro atoms. The minimum atomic E-state index is -0.122. The van der Waals surface area contributed by atoms with E-state index in [1.807, 2.05) is 12.1 Å². The van der Waals surface area contributed by atoms with Crippen LogP contribution in [0, 0.1) is 0 Å². The molecule has 118 valence electrons. The van der Waals surface area contributed by atoms with Crippen molar-refractivity contribution in [3.05, 3.63) is 44.3 Å². The molecule has 0 radical (unpaired) electrons. The maximum atomic E-state index is 9.55. The van der Waals surface area contributed by atoms with E-state index in [2.05, 4.69) is 21.2 Å². The molecule has 2 rings (SSSR count). The smallest absolute Gasteiger partial charge is 0.174 e. The molecule has 2 N–H and O–H groups in total. The van der Waals surface area contributed by atoms with Crippen LogP contribution in [-0.4, -0.2) is 19.3 Å². The van der Waals surface area contributed by atoms with E-state index in [0.29, 0.717) is 23.7 Å². The lowest BCUT2D eigenvalue weighted by Crippen LogP contribution is -2.01. The number of anilines is 1. The fourth-order valence-electron chi connectivity index (χ4n) is 1.95. The molecule has 0 saturated heterocycles. The molecule has 2 aromatic rings. The van der Waals surface area contributed by atoms with E-state index in [9.17, 15) is 5.11 Å². The number of phenolic OH excluding ortho intramolecular Hbond substituents is 1. The molecule has 0 aromatic heterocycles. The molecule has 0 fully saturated rings. The van der Waals surface area contributed by atoms with Crippen molar-refractivity contribution in [1.29, 1.82) is 0 Å². The summed E-state index contributed by atoms with van der Waals surface area (Å²) in [6.45, 7) is 0.524. The van der Waals surface area contributed by atoms with E-state index in [4.69, 9.17) is 32.7 Å². The fourth-order valence-corrected chi connectivity index (χ4v) is 3.08. The Balaban J connectivity index is 2.20. The third-order valence-electron chi connectivity index (χ3n) is 3.01. The zero-order chi connectivity index (χ0) is 16.3. The van der Waals surface area contributed by atoms with Crippen LogP contribution in [-0.2, 0) is 6.54 Å². The van der Waals surface area contributed by atoms with Gasteiger partial charge in [-0.05, 0) is 45.8 Å². The van der Waals surface area contributed by atoms with Crippen molar-refractivity contribution >= 4 is 44.8 Å². The minimum absolute atomic E-state index is 0.122. The van der Waals surface area contributed by atoms with Crippen LogP contribution in [0.1, 0.15) is 5.56 Å². The average molecular weight is 407 g/mol. The van der Waals surface area contributed by atoms with Gasteiger partial charge in [0.2, 0.25) is 0 Å². The summed E-state index contributed by atoms with van der Waals surface area (Å²) < 4.78 is 11.4. The Hall–Kier alpha value is -1.30. The summed E-state index contributed by atoms with van der Waals surface area (Å²) in [6.07, 6.45) is 0. The van der Waals surface area contributed by atoms with E-state index in [0.717, 1.165) is 10.0 Å². The van der Waals surface area contributed by atoms with E-state index in [1.54, 1.807) is 26.4 Å². The number of nitrogens with one attached hydrogen (secondary N) is 1. The topological polar surface area (TPSA) is 50.7 Å². The van der Waals surface area contributed by atoms with Gasteiger partial charge >= 0.3 is 0 Å². The highest BCUT2D eigenvalue weighted by Gasteiger charge is 2.11. The van der Waals surface area contributed by atoms with Crippen molar-refractivity contribution < 1.29 is 14.6 Å². The van der Waals surface area contributed by atoms with Crippen molar-refractivity contribution in [2.75, 3.05) is 19.5 Å². The van der Waals surface area contributed by atoms with E-state index < -0.39 is 0 Å². The first-order chi connectivity index (χ1) is 10.5. The third-order valence-corrected chi connectivity index (χ3v) is 4.17. The standard InChI is InChI=1S/C15H14BrCl2NO3/c1-21-13-4-8(3-10(16)15(13)22-2)7-19-9-5-11(17)14(20)12(18)6-9/h3-6,19-20H,7H2,1-2H3. The molecule has 0 aliphatic carbocycles. The monoisotopic (exact) mass is 405 g/mol. The van der Waals surface area contributed by atoms with Gasteiger partial charge < -0.3 is 19.9 Å². The van der Waals surface area contributed by atoms with Crippen molar-refractivity contribution in [2.24, 2.45) is 0 Å². The van der Waals surface area contributed by atoms with E-state index >= 15 is 0 Å². The number of phenols is 1. The van der Waals surface area contributed by atoms with Gasteiger partial charge in [-0.3, -0.25) is 0 Å². The van der Waals surface area contributed by atoms with Crippen LogP contribution < -0.4 is 14.8 Å². The predicted molar refractivity (Wildman–Crippen MR) is 92.7 cm³/mol. The Bertz CT molecular complexity index is 672. The minimum Gasteiger partial charge on any atom is -0.505 e. The molecule has 0 heterocycles. The molecular weight excluding hydrogens is 393 g/mol. The fraction of sp³-hybridized carbons (Fsp3) is 0.200. The van der Waals surface area contributed by atoms with Crippen molar-refractivity contribution in [2.45, 2.75) is 6.54 Å². The maximum Gasteiger partial charge on any atom is 0.174 e. The summed E-state index contributed by atoms with van der Waals surface area (Å²) in [4.78, 5) is 0. The highest BCUT2D eigenvalue weighted by atomic mass is 79.9. The molecule has 4 nitrogen and oxygen atoms in total. The number of hydrogen-bond donors (Lipinski definition) is 2. The average Bonchev–Trinajstić information content (AvgIpc) is 2.49. The second kappa shape index (κ2) is 7.31. The van der Waals surface area contributed by atoms with Crippen molar-refractivity contribution in [3.8, 4) is 17.2 Å². The Labute approximate surface area is 147 Å². The normalized spacial score (nSPS) is 10.4. The first-order valence-electron chi connectivity index (χ1n) is 6.28. The van der Waals surface area contributed by atoms with Gasteiger partial charge in [-0.1, -0.05) is 23.2 Å². The van der Waals surface area contributed by atoms with Gasteiger partial charge in [-0.15, -0.1) is 0 Å². The van der Waals surface area contributed by atoms with Crippen LogP contribution in [0.3, 0.4) is 0 Å². The van der Waals surface area contributed by atoms with Gasteiger partial charge in [0.25, 0.3) is 0 Å². The summed E-state index contributed by atoms with van der Waals surface area (Å²) in [5.41, 5.74) is 1.68. The molecule has 0 aliphatic rings. The molecule has 0 atom stereocenters. The number of methoxy groups -OCH3 is 2. The molecule has 0 aliphatic heterocycles. The van der Waals surface area contributed by atoms with Crippen molar-refractivity contribution in [1.82, 2.24) is 0 Å². The summed E-state index contributed by atoms with van der Waals surface area (Å²) in [6, 6.07) is 7.02. The van der Waals surface area contributed by atoms with E-state index in [1.165, 1.54) is 0 Å². The second-order valence-corrected chi connectivity index (χ2v) is 6.12. The van der Waals surface area contributed by atoms with Crippen molar-refractivity contribution in [3.63, 3.8) is 0 Å². The molecular formula is C15H14BrCl2NO3. The predicted octanol–water partition coefficient (Wildman–Crippen LogP) is 5.09. The Morgan fingerprint density at radius 3 is 2.27 bits per heavy atom. The first kappa shape index (κ1) is 17.1. The molecule has 0 saturated carbocycles. The third kappa shape index (κ3) is 3.72. The Morgan fingerprint density at radius 1 is 1.09 bits per heavy atom. The summed E-state index contributed by atoms with van der Waals surface area (Å²) >= 11 is 15.2. The quantitative estimate of drug-likeness (QED) is 0.679. The lowest BCUT2D eigenvalue weighted by atomic mass is 10.2. The van der Waals surface area contributed by atoms with Gasteiger partial charge in [0.05, 0.1) is 28.7 Å². The number of halogens is 3. The van der Waals surface area contributed by atoms with Crippen LogP contribution in [0.25, 0.3) is 0 Å². The van der Waals surface area contributed by atoms with Gasteiger partial charge in [0.1, 0.15) is 0 Å².